The maximum Gasteiger partial charge on any atom is 0.406 e. The Morgan fingerprint density at radius 3 is 2.88 bits per heavy atom. The smallest absolute Gasteiger partial charge is 0.406 e. The summed E-state index contributed by atoms with van der Waals surface area (Å²) in [6, 6.07) is 2.41. The fourth-order valence-corrected chi connectivity index (χ4v) is 4.86. The Balaban J connectivity index is 1.53. The Morgan fingerprint density at radius 2 is 2.16 bits per heavy atom. The van der Waals surface area contributed by atoms with E-state index in [0.29, 0.717) is 19.7 Å². The van der Waals surface area contributed by atoms with Gasteiger partial charge in [-0.05, 0) is 75.5 Å². The van der Waals surface area contributed by atoms with Gasteiger partial charge in [-0.15, -0.1) is 0 Å². The van der Waals surface area contributed by atoms with Crippen LogP contribution >= 0.6 is 0 Å². The number of fused-ring (bicyclic) bond motifs is 1. The normalized spacial score (nSPS) is 21.4. The van der Waals surface area contributed by atoms with E-state index in [-0.39, 0.29) is 18.0 Å². The fourth-order valence-electron chi connectivity index (χ4n) is 4.86. The first-order valence-corrected chi connectivity index (χ1v) is 12.1. The number of ether oxygens (including phenoxy) is 2. The molecule has 1 aliphatic heterocycles. The van der Waals surface area contributed by atoms with Crippen molar-refractivity contribution in [2.24, 2.45) is 0 Å². The van der Waals surface area contributed by atoms with Gasteiger partial charge in [0.15, 0.2) is 0 Å². The number of pyridine rings is 1. The van der Waals surface area contributed by atoms with Crippen molar-refractivity contribution in [3.8, 4) is 0 Å². The summed E-state index contributed by atoms with van der Waals surface area (Å²) in [5.41, 5.74) is 4.84. The number of methoxy groups -OCH3 is 1. The first kappa shape index (κ1) is 23.0. The molecule has 2 heterocycles. The highest BCUT2D eigenvalue weighted by Gasteiger charge is 2.40. The molecule has 0 bridgehead atoms. The van der Waals surface area contributed by atoms with Gasteiger partial charge in [-0.1, -0.05) is 0 Å². The third-order valence-corrected chi connectivity index (χ3v) is 6.73. The number of amides is 2. The van der Waals surface area contributed by atoms with E-state index >= 15 is 0 Å². The van der Waals surface area contributed by atoms with Crippen molar-refractivity contribution < 1.29 is 19.1 Å². The van der Waals surface area contributed by atoms with Gasteiger partial charge in [0.2, 0.25) is 0 Å². The molecule has 0 spiro atoms. The van der Waals surface area contributed by atoms with Gasteiger partial charge in [-0.2, -0.15) is 0 Å². The lowest BCUT2D eigenvalue weighted by Crippen LogP contribution is -2.50. The van der Waals surface area contributed by atoms with E-state index in [2.05, 4.69) is 28.4 Å². The summed E-state index contributed by atoms with van der Waals surface area (Å²) >= 11 is 0. The van der Waals surface area contributed by atoms with Crippen LogP contribution in [0.15, 0.2) is 6.07 Å². The Kier molecular flexibility index (Phi) is 7.63. The minimum absolute atomic E-state index is 0.0792. The number of nitrogens with one attached hydrogen (secondary N) is 2. The summed E-state index contributed by atoms with van der Waals surface area (Å²) in [6.07, 6.45) is 7.42. The van der Waals surface area contributed by atoms with Gasteiger partial charge < -0.3 is 25.0 Å². The first-order chi connectivity index (χ1) is 15.6. The summed E-state index contributed by atoms with van der Waals surface area (Å²) < 4.78 is 10.4. The number of hydrogen-bond donors (Lipinski definition) is 2. The molecule has 8 heteroatoms. The van der Waals surface area contributed by atoms with Crippen LogP contribution in [0.1, 0.15) is 67.6 Å². The topological polar surface area (TPSA) is 92.8 Å². The quantitative estimate of drug-likeness (QED) is 0.598. The first-order valence-electron chi connectivity index (χ1n) is 12.1. The number of alkyl carbamates (subject to hydrolysis) is 1. The molecule has 4 rings (SSSR count). The standard InChI is InChI=1S/C24H36N4O4/c1-16(28(18-9-10-18)23(29)22-15-25-12-13-32-22)21-14-17(6-5-11-26-24(30)31-2)19-7-3-4-8-20(19)27-21/h14,16,18,22,25H,3-13,15H2,1-2H3,(H,26,30)/t16-,22-/m1/s1. The predicted molar refractivity (Wildman–Crippen MR) is 121 cm³/mol. The predicted octanol–water partition coefficient (Wildman–Crippen LogP) is 2.29. The third kappa shape index (κ3) is 5.41. The molecule has 0 radical (unpaired) electrons. The zero-order valence-corrected chi connectivity index (χ0v) is 19.3. The summed E-state index contributed by atoms with van der Waals surface area (Å²) in [5, 5.41) is 6.04. The summed E-state index contributed by atoms with van der Waals surface area (Å²) in [5.74, 6) is 0.0792. The third-order valence-electron chi connectivity index (χ3n) is 6.73. The number of aromatic nitrogens is 1. The van der Waals surface area contributed by atoms with Gasteiger partial charge in [0.25, 0.3) is 5.91 Å². The molecule has 0 aromatic carbocycles. The van der Waals surface area contributed by atoms with Crippen LogP contribution in [0.2, 0.25) is 0 Å². The lowest BCUT2D eigenvalue weighted by atomic mass is 9.89. The van der Waals surface area contributed by atoms with Gasteiger partial charge in [0.05, 0.1) is 25.5 Å². The van der Waals surface area contributed by atoms with E-state index < -0.39 is 12.2 Å². The fraction of sp³-hybridized carbons (Fsp3) is 0.708. The Hall–Kier alpha value is -2.19. The highest BCUT2D eigenvalue weighted by atomic mass is 16.5. The van der Waals surface area contributed by atoms with Crippen molar-refractivity contribution in [3.05, 3.63) is 28.6 Å². The molecule has 8 nitrogen and oxygen atoms in total. The van der Waals surface area contributed by atoms with Crippen LogP contribution in [0, 0.1) is 0 Å². The zero-order valence-electron chi connectivity index (χ0n) is 19.3. The van der Waals surface area contributed by atoms with Crippen LogP contribution in [0.25, 0.3) is 0 Å². The van der Waals surface area contributed by atoms with Crippen molar-refractivity contribution in [1.29, 1.82) is 0 Å². The second kappa shape index (κ2) is 10.6. The van der Waals surface area contributed by atoms with Crippen molar-refractivity contribution in [3.63, 3.8) is 0 Å². The van der Waals surface area contributed by atoms with E-state index in [1.807, 2.05) is 4.90 Å². The monoisotopic (exact) mass is 444 g/mol. The van der Waals surface area contributed by atoms with E-state index in [9.17, 15) is 9.59 Å². The number of carbonyl (C=O) groups excluding carboxylic acids is 2. The summed E-state index contributed by atoms with van der Waals surface area (Å²) in [7, 11) is 1.38. The number of hydrogen-bond acceptors (Lipinski definition) is 6. The molecule has 2 atom stereocenters. The molecule has 1 saturated heterocycles. The van der Waals surface area contributed by atoms with Crippen LogP contribution in [0.4, 0.5) is 4.79 Å². The molecular formula is C24H36N4O4. The number of rotatable bonds is 8. The number of aryl methyl sites for hydroxylation is 2. The lowest BCUT2D eigenvalue weighted by Gasteiger charge is -2.34. The minimum Gasteiger partial charge on any atom is -0.453 e. The molecule has 2 fully saturated rings. The second-order valence-electron chi connectivity index (χ2n) is 9.08. The lowest BCUT2D eigenvalue weighted by molar-refractivity contribution is -0.148. The van der Waals surface area contributed by atoms with Gasteiger partial charge in [-0.3, -0.25) is 9.78 Å². The van der Waals surface area contributed by atoms with Crippen LogP contribution in [0.3, 0.4) is 0 Å². The van der Waals surface area contributed by atoms with E-state index in [0.717, 1.165) is 57.2 Å². The second-order valence-corrected chi connectivity index (χ2v) is 9.08. The van der Waals surface area contributed by atoms with E-state index in [1.54, 1.807) is 0 Å². The van der Waals surface area contributed by atoms with Crippen molar-refractivity contribution in [1.82, 2.24) is 20.5 Å². The molecule has 1 aromatic heterocycles. The molecule has 2 amide bonds. The Labute approximate surface area is 190 Å². The largest absolute Gasteiger partial charge is 0.453 e. The van der Waals surface area contributed by atoms with Crippen LogP contribution in [-0.4, -0.2) is 67.4 Å². The van der Waals surface area contributed by atoms with Crippen molar-refractivity contribution in [2.75, 3.05) is 33.4 Å². The molecule has 1 aromatic rings. The average molecular weight is 445 g/mol. The van der Waals surface area contributed by atoms with Crippen LogP contribution in [-0.2, 0) is 33.5 Å². The molecule has 0 unspecified atom stereocenters. The Morgan fingerprint density at radius 1 is 1.34 bits per heavy atom. The molecule has 2 N–H and O–H groups in total. The van der Waals surface area contributed by atoms with Gasteiger partial charge in [-0.25, -0.2) is 4.79 Å². The molecule has 2 aliphatic carbocycles. The summed E-state index contributed by atoms with van der Waals surface area (Å²) in [6.45, 7) is 4.62. The maximum absolute atomic E-state index is 13.4. The van der Waals surface area contributed by atoms with Gasteiger partial charge in [0, 0.05) is 31.4 Å². The van der Waals surface area contributed by atoms with Crippen molar-refractivity contribution in [2.45, 2.75) is 76.5 Å². The highest BCUT2D eigenvalue weighted by Crippen LogP contribution is 2.36. The molecule has 32 heavy (non-hydrogen) atoms. The SMILES string of the molecule is COC(=O)NCCCc1cc([C@@H](C)N(C(=O)[C@H]2CNCCO2)C2CC2)nc2c1CCCC2. The minimum atomic E-state index is -0.409. The van der Waals surface area contributed by atoms with E-state index in [1.165, 1.54) is 30.4 Å². The molecule has 1 saturated carbocycles. The van der Waals surface area contributed by atoms with Gasteiger partial charge in [0.1, 0.15) is 6.10 Å². The average Bonchev–Trinajstić information content (AvgIpc) is 3.67. The van der Waals surface area contributed by atoms with Crippen LogP contribution in [0.5, 0.6) is 0 Å². The number of carbonyl (C=O) groups is 2. The van der Waals surface area contributed by atoms with E-state index in [4.69, 9.17) is 9.72 Å². The van der Waals surface area contributed by atoms with Gasteiger partial charge >= 0.3 is 6.09 Å². The Bertz CT molecular complexity index is 820. The maximum atomic E-state index is 13.4. The number of nitrogens with zero attached hydrogens (tertiary/aromatic N) is 2. The number of morpholine rings is 1. The van der Waals surface area contributed by atoms with Crippen molar-refractivity contribution >= 4 is 12.0 Å². The molecular weight excluding hydrogens is 408 g/mol. The molecule has 3 aliphatic rings. The zero-order chi connectivity index (χ0) is 22.5. The molecule has 176 valence electrons. The summed E-state index contributed by atoms with van der Waals surface area (Å²) in [4.78, 5) is 31.8. The van der Waals surface area contributed by atoms with Crippen LogP contribution < -0.4 is 10.6 Å². The highest BCUT2D eigenvalue weighted by molar-refractivity contribution is 5.82.